The van der Waals surface area contributed by atoms with Gasteiger partial charge < -0.3 is 0 Å². The van der Waals surface area contributed by atoms with E-state index in [1.807, 2.05) is 25.3 Å². The summed E-state index contributed by atoms with van der Waals surface area (Å²) in [4.78, 5) is 10.7. The molecule has 0 aliphatic rings. The van der Waals surface area contributed by atoms with Gasteiger partial charge in [-0.2, -0.15) is 5.10 Å². The molecule has 0 aliphatic heterocycles. The second kappa shape index (κ2) is 2.96. The minimum Gasteiger partial charge on any atom is -0.298 e. The summed E-state index contributed by atoms with van der Waals surface area (Å²) in [6.07, 6.45) is 2.66. The third-order valence-corrected chi connectivity index (χ3v) is 2.43. The molecule has 4 heteroatoms. The molecule has 0 aliphatic carbocycles. The number of halogens is 1. The van der Waals surface area contributed by atoms with Gasteiger partial charge in [0.1, 0.15) is 0 Å². The van der Waals surface area contributed by atoms with E-state index in [-0.39, 0.29) is 0 Å². The van der Waals surface area contributed by atoms with Gasteiger partial charge in [0, 0.05) is 10.7 Å². The first kappa shape index (κ1) is 8.44. The molecule has 2 heterocycles. The number of rotatable bonds is 1. The molecule has 2 rings (SSSR count). The van der Waals surface area contributed by atoms with Gasteiger partial charge in [-0.25, -0.2) is 4.52 Å². The highest BCUT2D eigenvalue weighted by molar-refractivity contribution is 9.10. The van der Waals surface area contributed by atoms with Crippen molar-refractivity contribution in [2.24, 2.45) is 0 Å². The van der Waals surface area contributed by atoms with Crippen molar-refractivity contribution in [2.75, 3.05) is 0 Å². The van der Waals surface area contributed by atoms with Crippen LogP contribution in [0.1, 0.15) is 16.1 Å². The van der Waals surface area contributed by atoms with Crippen LogP contribution in [0.25, 0.3) is 5.52 Å². The molecule has 0 radical (unpaired) electrons. The van der Waals surface area contributed by atoms with Gasteiger partial charge in [0.2, 0.25) is 0 Å². The Kier molecular flexibility index (Phi) is 1.92. The van der Waals surface area contributed by atoms with Crippen molar-refractivity contribution in [3.63, 3.8) is 0 Å². The molecule has 0 amide bonds. The first-order valence-electron chi connectivity index (χ1n) is 3.82. The standard InChI is InChI=1S/C9H7BrN2O/c1-6-8(5-13)9-4-7(10)2-3-12(9)11-6/h2-5H,1H3. The lowest BCUT2D eigenvalue weighted by molar-refractivity contribution is 0.112. The Labute approximate surface area is 83.5 Å². The van der Waals surface area contributed by atoms with Crippen molar-refractivity contribution in [2.45, 2.75) is 6.92 Å². The number of aldehydes is 1. The highest BCUT2D eigenvalue weighted by Gasteiger charge is 2.07. The average Bonchev–Trinajstić information content (AvgIpc) is 2.40. The van der Waals surface area contributed by atoms with E-state index < -0.39 is 0 Å². The molecule has 2 aromatic rings. The Balaban J connectivity index is 2.88. The number of aryl methyl sites for hydroxylation is 1. The molecule has 0 unspecified atom stereocenters. The van der Waals surface area contributed by atoms with Crippen LogP contribution in [0.15, 0.2) is 22.8 Å². The summed E-state index contributed by atoms with van der Waals surface area (Å²) in [7, 11) is 0. The summed E-state index contributed by atoms with van der Waals surface area (Å²) in [5.41, 5.74) is 2.25. The van der Waals surface area contributed by atoms with E-state index in [1.165, 1.54) is 0 Å². The number of aromatic nitrogens is 2. The smallest absolute Gasteiger partial charge is 0.154 e. The second-order valence-corrected chi connectivity index (χ2v) is 3.71. The zero-order valence-electron chi connectivity index (χ0n) is 6.99. The number of hydrogen-bond donors (Lipinski definition) is 0. The maximum atomic E-state index is 10.7. The molecule has 0 N–H and O–H groups in total. The van der Waals surface area contributed by atoms with Crippen molar-refractivity contribution in [3.8, 4) is 0 Å². The van der Waals surface area contributed by atoms with Crippen LogP contribution >= 0.6 is 15.9 Å². The molecule has 0 saturated heterocycles. The lowest BCUT2D eigenvalue weighted by atomic mass is 10.2. The number of pyridine rings is 1. The molecular weight excluding hydrogens is 232 g/mol. The topological polar surface area (TPSA) is 34.4 Å². The Hall–Kier alpha value is -1.16. The fourth-order valence-electron chi connectivity index (χ4n) is 1.30. The van der Waals surface area contributed by atoms with Crippen molar-refractivity contribution in [1.29, 1.82) is 0 Å². The Bertz CT molecular complexity index is 476. The third kappa shape index (κ3) is 1.27. The summed E-state index contributed by atoms with van der Waals surface area (Å²) in [5, 5.41) is 4.19. The molecule has 3 nitrogen and oxygen atoms in total. The van der Waals surface area contributed by atoms with Crippen LogP contribution in [-0.2, 0) is 0 Å². The zero-order valence-corrected chi connectivity index (χ0v) is 8.58. The van der Waals surface area contributed by atoms with E-state index >= 15 is 0 Å². The van der Waals surface area contributed by atoms with E-state index in [0.717, 1.165) is 22.0 Å². The van der Waals surface area contributed by atoms with Gasteiger partial charge in [0.25, 0.3) is 0 Å². The molecule has 66 valence electrons. The van der Waals surface area contributed by atoms with Crippen LogP contribution in [-0.4, -0.2) is 15.9 Å². The minimum absolute atomic E-state index is 0.654. The van der Waals surface area contributed by atoms with Crippen LogP contribution in [0.5, 0.6) is 0 Å². The van der Waals surface area contributed by atoms with Crippen LogP contribution in [0.3, 0.4) is 0 Å². The Morgan fingerprint density at radius 2 is 2.38 bits per heavy atom. The number of nitrogens with zero attached hydrogens (tertiary/aromatic N) is 2. The Morgan fingerprint density at radius 3 is 3.08 bits per heavy atom. The van der Waals surface area contributed by atoms with Gasteiger partial charge in [0.15, 0.2) is 6.29 Å². The maximum Gasteiger partial charge on any atom is 0.154 e. The van der Waals surface area contributed by atoms with Gasteiger partial charge in [-0.1, -0.05) is 15.9 Å². The summed E-state index contributed by atoms with van der Waals surface area (Å²) in [5.74, 6) is 0. The van der Waals surface area contributed by atoms with Crippen LogP contribution in [0.2, 0.25) is 0 Å². The summed E-state index contributed by atoms with van der Waals surface area (Å²) in [6, 6.07) is 3.76. The van der Waals surface area contributed by atoms with Crippen molar-refractivity contribution >= 4 is 27.7 Å². The van der Waals surface area contributed by atoms with E-state index in [4.69, 9.17) is 0 Å². The fraction of sp³-hybridized carbons (Fsp3) is 0.111. The van der Waals surface area contributed by atoms with E-state index in [2.05, 4.69) is 21.0 Å². The van der Waals surface area contributed by atoms with Gasteiger partial charge >= 0.3 is 0 Å². The molecule has 0 saturated carbocycles. The molecule has 2 aromatic heterocycles. The van der Waals surface area contributed by atoms with Gasteiger partial charge in [-0.3, -0.25) is 4.79 Å². The van der Waals surface area contributed by atoms with Crippen LogP contribution in [0, 0.1) is 6.92 Å². The maximum absolute atomic E-state index is 10.7. The quantitative estimate of drug-likeness (QED) is 0.715. The minimum atomic E-state index is 0.654. The summed E-state index contributed by atoms with van der Waals surface area (Å²) < 4.78 is 2.65. The normalized spacial score (nSPS) is 10.6. The third-order valence-electron chi connectivity index (χ3n) is 1.94. The molecule has 0 aromatic carbocycles. The second-order valence-electron chi connectivity index (χ2n) is 2.79. The monoisotopic (exact) mass is 238 g/mol. The van der Waals surface area contributed by atoms with Crippen LogP contribution < -0.4 is 0 Å². The van der Waals surface area contributed by atoms with Crippen molar-refractivity contribution in [3.05, 3.63) is 34.1 Å². The van der Waals surface area contributed by atoms with E-state index in [1.54, 1.807) is 4.52 Å². The lowest BCUT2D eigenvalue weighted by Crippen LogP contribution is -1.85. The Morgan fingerprint density at radius 1 is 1.62 bits per heavy atom. The molecular formula is C9H7BrN2O. The largest absolute Gasteiger partial charge is 0.298 e. The first-order valence-corrected chi connectivity index (χ1v) is 4.61. The molecule has 0 fully saturated rings. The van der Waals surface area contributed by atoms with Gasteiger partial charge in [-0.05, 0) is 19.1 Å². The highest BCUT2D eigenvalue weighted by atomic mass is 79.9. The first-order chi connectivity index (χ1) is 6.22. The van der Waals surface area contributed by atoms with Crippen molar-refractivity contribution < 1.29 is 4.79 Å². The molecule has 0 spiro atoms. The average molecular weight is 239 g/mol. The predicted octanol–water partition coefficient (Wildman–Crippen LogP) is 2.22. The summed E-state index contributed by atoms with van der Waals surface area (Å²) in [6.45, 7) is 1.82. The molecule has 0 bridgehead atoms. The molecule has 0 atom stereocenters. The summed E-state index contributed by atoms with van der Waals surface area (Å²) >= 11 is 3.35. The SMILES string of the molecule is Cc1nn2ccc(Br)cc2c1C=O. The number of hydrogen-bond acceptors (Lipinski definition) is 2. The van der Waals surface area contributed by atoms with Crippen molar-refractivity contribution in [1.82, 2.24) is 9.61 Å². The fourth-order valence-corrected chi connectivity index (χ4v) is 1.64. The van der Waals surface area contributed by atoms with Crippen LogP contribution in [0.4, 0.5) is 0 Å². The number of carbonyl (C=O) groups excluding carboxylic acids is 1. The van der Waals surface area contributed by atoms with Gasteiger partial charge in [-0.15, -0.1) is 0 Å². The zero-order chi connectivity index (χ0) is 9.42. The highest BCUT2D eigenvalue weighted by Crippen LogP contribution is 2.17. The van der Waals surface area contributed by atoms with E-state index in [9.17, 15) is 4.79 Å². The molecule has 13 heavy (non-hydrogen) atoms. The number of carbonyl (C=O) groups is 1. The number of fused-ring (bicyclic) bond motifs is 1. The van der Waals surface area contributed by atoms with Gasteiger partial charge in [0.05, 0.1) is 16.8 Å². The van der Waals surface area contributed by atoms with E-state index in [0.29, 0.717) is 5.56 Å². The predicted molar refractivity (Wildman–Crippen MR) is 53.0 cm³/mol. The lowest BCUT2D eigenvalue weighted by Gasteiger charge is -1.93.